The Morgan fingerprint density at radius 1 is 1.17 bits per heavy atom. The lowest BCUT2D eigenvalue weighted by molar-refractivity contribution is -0.121. The van der Waals surface area contributed by atoms with Crippen LogP contribution in [0.25, 0.3) is 11.4 Å². The summed E-state index contributed by atoms with van der Waals surface area (Å²) in [5.41, 5.74) is 1.67. The first-order chi connectivity index (χ1) is 17.0. The molecule has 184 valence electrons. The molecular formula is C25H27ClN4O5. The van der Waals surface area contributed by atoms with Crippen LogP contribution in [-0.4, -0.2) is 53.7 Å². The Morgan fingerprint density at radius 2 is 1.91 bits per heavy atom. The van der Waals surface area contributed by atoms with Gasteiger partial charge in [0.1, 0.15) is 5.75 Å². The zero-order valence-electron chi connectivity index (χ0n) is 19.6. The molecule has 2 heterocycles. The number of hydrogen-bond donors (Lipinski definition) is 1. The van der Waals surface area contributed by atoms with Gasteiger partial charge < -0.3 is 19.3 Å². The van der Waals surface area contributed by atoms with E-state index < -0.39 is 5.97 Å². The molecule has 0 unspecified atom stereocenters. The third-order valence-corrected chi connectivity index (χ3v) is 6.18. The third-order valence-electron chi connectivity index (χ3n) is 5.87. The van der Waals surface area contributed by atoms with Crippen LogP contribution in [0.3, 0.4) is 0 Å². The van der Waals surface area contributed by atoms with Crippen molar-refractivity contribution in [2.75, 3.05) is 32.1 Å². The Morgan fingerprint density at radius 3 is 2.57 bits per heavy atom. The number of anilines is 1. The standard InChI is InChI=1S/C25H27ClN4O5/c1-3-34-25(32)18-6-9-21(20(26)14-18)27-24(31)17-10-12-30(13-11-17)15-22-28-23(29-35-22)16-4-7-19(33-2)8-5-16/h4-9,14,17H,3,10-13,15H2,1-2H3,(H,27,31). The molecule has 0 bridgehead atoms. The van der Waals surface area contributed by atoms with Gasteiger partial charge in [-0.25, -0.2) is 4.79 Å². The van der Waals surface area contributed by atoms with Crippen molar-refractivity contribution in [3.8, 4) is 17.1 Å². The van der Waals surface area contributed by atoms with Crippen molar-refractivity contribution in [1.82, 2.24) is 15.0 Å². The maximum absolute atomic E-state index is 12.8. The number of carbonyl (C=O) groups is 2. The number of ether oxygens (including phenoxy) is 2. The zero-order chi connectivity index (χ0) is 24.8. The predicted octanol–water partition coefficient (Wildman–Crippen LogP) is 4.43. The van der Waals surface area contributed by atoms with E-state index in [0.717, 1.165) is 24.4 Å². The molecule has 1 aromatic heterocycles. The van der Waals surface area contributed by atoms with Gasteiger partial charge in [-0.05, 0) is 75.3 Å². The number of amides is 1. The molecule has 1 aliphatic heterocycles. The summed E-state index contributed by atoms with van der Waals surface area (Å²) in [5, 5.41) is 7.25. The third kappa shape index (κ3) is 6.17. The molecule has 1 fully saturated rings. The van der Waals surface area contributed by atoms with E-state index in [0.29, 0.717) is 47.4 Å². The summed E-state index contributed by atoms with van der Waals surface area (Å²) in [6, 6.07) is 12.2. The fourth-order valence-electron chi connectivity index (χ4n) is 3.91. The molecule has 0 atom stereocenters. The lowest BCUT2D eigenvalue weighted by Crippen LogP contribution is -2.37. The van der Waals surface area contributed by atoms with Gasteiger partial charge in [-0.3, -0.25) is 9.69 Å². The number of methoxy groups -OCH3 is 1. The number of aromatic nitrogens is 2. The SMILES string of the molecule is CCOC(=O)c1ccc(NC(=O)C2CCN(Cc3nc(-c4ccc(OC)cc4)no3)CC2)c(Cl)c1. The van der Waals surface area contributed by atoms with Crippen LogP contribution in [0.2, 0.25) is 5.02 Å². The molecule has 0 aliphatic carbocycles. The van der Waals surface area contributed by atoms with Crippen LogP contribution in [0, 0.1) is 5.92 Å². The van der Waals surface area contributed by atoms with Crippen LogP contribution in [0.1, 0.15) is 36.0 Å². The predicted molar refractivity (Wildman–Crippen MR) is 130 cm³/mol. The summed E-state index contributed by atoms with van der Waals surface area (Å²) in [6.45, 7) is 4.01. The van der Waals surface area contributed by atoms with Crippen molar-refractivity contribution in [2.24, 2.45) is 5.92 Å². The minimum Gasteiger partial charge on any atom is -0.497 e. The Kier molecular flexibility index (Phi) is 7.99. The number of esters is 1. The van der Waals surface area contributed by atoms with Crippen LogP contribution in [-0.2, 0) is 16.1 Å². The number of piperidine rings is 1. The molecule has 1 amide bonds. The summed E-state index contributed by atoms with van der Waals surface area (Å²) in [5.74, 6) is 1.16. The highest BCUT2D eigenvalue weighted by atomic mass is 35.5. The summed E-state index contributed by atoms with van der Waals surface area (Å²) in [7, 11) is 1.62. The molecule has 9 nitrogen and oxygen atoms in total. The van der Waals surface area contributed by atoms with E-state index in [-0.39, 0.29) is 18.4 Å². The topological polar surface area (TPSA) is 107 Å². The second-order valence-corrected chi connectivity index (χ2v) is 8.60. The molecule has 1 saturated heterocycles. The number of hydrogen-bond acceptors (Lipinski definition) is 8. The highest BCUT2D eigenvalue weighted by molar-refractivity contribution is 6.34. The van der Waals surface area contributed by atoms with E-state index in [4.69, 9.17) is 25.6 Å². The van der Waals surface area contributed by atoms with Gasteiger partial charge in [0.2, 0.25) is 17.6 Å². The lowest BCUT2D eigenvalue weighted by atomic mass is 9.96. The van der Waals surface area contributed by atoms with Crippen molar-refractivity contribution < 1.29 is 23.6 Å². The number of nitrogens with one attached hydrogen (secondary N) is 1. The highest BCUT2D eigenvalue weighted by Gasteiger charge is 2.26. The van der Waals surface area contributed by atoms with Gasteiger partial charge in [0.15, 0.2) is 0 Å². The molecule has 2 aromatic carbocycles. The van der Waals surface area contributed by atoms with Gasteiger partial charge in [0.25, 0.3) is 0 Å². The summed E-state index contributed by atoms with van der Waals surface area (Å²) >= 11 is 6.27. The van der Waals surface area contributed by atoms with E-state index in [1.54, 1.807) is 26.2 Å². The molecule has 4 rings (SSSR count). The van der Waals surface area contributed by atoms with Gasteiger partial charge in [-0.2, -0.15) is 4.98 Å². The number of likely N-dealkylation sites (tertiary alicyclic amines) is 1. The van der Waals surface area contributed by atoms with E-state index in [2.05, 4.69) is 20.4 Å². The van der Waals surface area contributed by atoms with Crippen LogP contribution >= 0.6 is 11.6 Å². The average Bonchev–Trinajstić information content (AvgIpc) is 3.34. The second-order valence-electron chi connectivity index (χ2n) is 8.19. The van der Waals surface area contributed by atoms with Gasteiger partial charge in [0, 0.05) is 11.5 Å². The Balaban J connectivity index is 1.27. The van der Waals surface area contributed by atoms with Crippen LogP contribution < -0.4 is 10.1 Å². The molecule has 35 heavy (non-hydrogen) atoms. The molecule has 10 heteroatoms. The number of halogens is 1. The maximum Gasteiger partial charge on any atom is 0.338 e. The van der Waals surface area contributed by atoms with E-state index >= 15 is 0 Å². The molecule has 0 radical (unpaired) electrons. The average molecular weight is 499 g/mol. The van der Waals surface area contributed by atoms with E-state index in [1.165, 1.54) is 6.07 Å². The summed E-state index contributed by atoms with van der Waals surface area (Å²) in [6.07, 6.45) is 1.40. The number of rotatable bonds is 8. The fourth-order valence-corrected chi connectivity index (χ4v) is 4.14. The van der Waals surface area contributed by atoms with Crippen molar-refractivity contribution in [1.29, 1.82) is 0 Å². The van der Waals surface area contributed by atoms with Gasteiger partial charge in [-0.15, -0.1) is 0 Å². The van der Waals surface area contributed by atoms with Crippen LogP contribution in [0.5, 0.6) is 5.75 Å². The molecular weight excluding hydrogens is 472 g/mol. The van der Waals surface area contributed by atoms with Crippen molar-refractivity contribution >= 4 is 29.2 Å². The maximum atomic E-state index is 12.8. The molecule has 3 aromatic rings. The fraction of sp³-hybridized carbons (Fsp3) is 0.360. The smallest absolute Gasteiger partial charge is 0.338 e. The molecule has 1 N–H and O–H groups in total. The molecule has 1 aliphatic rings. The van der Waals surface area contributed by atoms with Gasteiger partial charge >= 0.3 is 5.97 Å². The van der Waals surface area contributed by atoms with Crippen LogP contribution in [0.4, 0.5) is 5.69 Å². The first-order valence-electron chi connectivity index (χ1n) is 11.4. The van der Waals surface area contributed by atoms with Gasteiger partial charge in [0.05, 0.1) is 36.5 Å². The quantitative estimate of drug-likeness (QED) is 0.455. The normalized spacial score (nSPS) is 14.5. The van der Waals surface area contributed by atoms with Crippen molar-refractivity contribution in [3.05, 3.63) is 58.9 Å². The summed E-state index contributed by atoms with van der Waals surface area (Å²) in [4.78, 5) is 31.3. The van der Waals surface area contributed by atoms with E-state index in [9.17, 15) is 9.59 Å². The monoisotopic (exact) mass is 498 g/mol. The van der Waals surface area contributed by atoms with Gasteiger partial charge in [-0.1, -0.05) is 16.8 Å². The first kappa shape index (κ1) is 24.7. The first-order valence-corrected chi connectivity index (χ1v) is 11.8. The lowest BCUT2D eigenvalue weighted by Gasteiger charge is -2.30. The number of benzene rings is 2. The van der Waals surface area contributed by atoms with Crippen molar-refractivity contribution in [2.45, 2.75) is 26.3 Å². The highest BCUT2D eigenvalue weighted by Crippen LogP contribution is 2.27. The molecule has 0 saturated carbocycles. The Bertz CT molecular complexity index is 1170. The Labute approximate surface area is 208 Å². The van der Waals surface area contributed by atoms with E-state index in [1.807, 2.05) is 24.3 Å². The summed E-state index contributed by atoms with van der Waals surface area (Å²) < 4.78 is 15.6. The minimum atomic E-state index is -0.447. The second kappa shape index (κ2) is 11.3. The zero-order valence-corrected chi connectivity index (χ0v) is 20.4. The van der Waals surface area contributed by atoms with Crippen LogP contribution in [0.15, 0.2) is 47.0 Å². The van der Waals surface area contributed by atoms with Crippen molar-refractivity contribution in [3.63, 3.8) is 0 Å². The Hall–Kier alpha value is -3.43. The largest absolute Gasteiger partial charge is 0.497 e. The molecule has 0 spiro atoms. The number of carbonyl (C=O) groups excluding carboxylic acids is 2. The number of nitrogens with zero attached hydrogens (tertiary/aromatic N) is 3. The minimum absolute atomic E-state index is 0.0879.